The van der Waals surface area contributed by atoms with Crippen LogP contribution in [0.4, 0.5) is 0 Å². The summed E-state index contributed by atoms with van der Waals surface area (Å²) in [7, 11) is 0.386. The van der Waals surface area contributed by atoms with Crippen LogP contribution in [0.15, 0.2) is 18.2 Å². The molecular weight excluding hydrogens is 290 g/mol. The molecule has 6 heteroatoms. The van der Waals surface area contributed by atoms with Crippen molar-refractivity contribution >= 4 is 9.84 Å². The second kappa shape index (κ2) is 7.13. The predicted octanol–water partition coefficient (Wildman–Crippen LogP) is 1.41. The standard InChI is InChI=1S/C15H23NO4S/c1-19-14-6-5-12(10-15(14)20-2)7-8-16-13-4-3-9-21(17,18)11-13/h5-6,10,13,16H,3-4,7-9,11H2,1-2H3. The lowest BCUT2D eigenvalue weighted by molar-refractivity contribution is 0.354. The fourth-order valence-corrected chi connectivity index (χ4v) is 4.31. The zero-order valence-corrected chi connectivity index (χ0v) is 13.4. The molecule has 1 fully saturated rings. The Morgan fingerprint density at radius 2 is 2.00 bits per heavy atom. The Labute approximate surface area is 126 Å². The smallest absolute Gasteiger partial charge is 0.160 e. The Balaban J connectivity index is 1.86. The number of rotatable bonds is 6. The molecule has 0 bridgehead atoms. The maximum absolute atomic E-state index is 11.6. The molecule has 118 valence electrons. The van der Waals surface area contributed by atoms with Crippen LogP contribution in [0, 0.1) is 0 Å². The van der Waals surface area contributed by atoms with Gasteiger partial charge in [0, 0.05) is 6.04 Å². The van der Waals surface area contributed by atoms with Gasteiger partial charge in [-0.25, -0.2) is 8.42 Å². The molecule has 1 saturated heterocycles. The molecule has 1 aliphatic heterocycles. The van der Waals surface area contributed by atoms with E-state index in [0.717, 1.165) is 37.1 Å². The van der Waals surface area contributed by atoms with Crippen molar-refractivity contribution in [3.05, 3.63) is 23.8 Å². The highest BCUT2D eigenvalue weighted by atomic mass is 32.2. The summed E-state index contributed by atoms with van der Waals surface area (Å²) in [5.41, 5.74) is 1.14. The van der Waals surface area contributed by atoms with Gasteiger partial charge in [0.25, 0.3) is 0 Å². The number of benzene rings is 1. The van der Waals surface area contributed by atoms with Crippen LogP contribution in [0.1, 0.15) is 18.4 Å². The largest absolute Gasteiger partial charge is 0.493 e. The van der Waals surface area contributed by atoms with E-state index in [-0.39, 0.29) is 11.8 Å². The van der Waals surface area contributed by atoms with Gasteiger partial charge in [0.1, 0.15) is 0 Å². The molecular formula is C15H23NO4S. The predicted molar refractivity (Wildman–Crippen MR) is 82.9 cm³/mol. The van der Waals surface area contributed by atoms with Crippen LogP contribution in [-0.2, 0) is 16.3 Å². The lowest BCUT2D eigenvalue weighted by atomic mass is 10.1. The molecule has 0 spiro atoms. The molecule has 1 N–H and O–H groups in total. The first-order valence-corrected chi connectivity index (χ1v) is 9.01. The summed E-state index contributed by atoms with van der Waals surface area (Å²) in [4.78, 5) is 0. The van der Waals surface area contributed by atoms with E-state index in [1.807, 2.05) is 18.2 Å². The van der Waals surface area contributed by atoms with Crippen LogP contribution in [0.25, 0.3) is 0 Å². The third-order valence-electron chi connectivity index (χ3n) is 3.76. The molecule has 5 nitrogen and oxygen atoms in total. The minimum atomic E-state index is -2.85. The third kappa shape index (κ3) is 4.61. The summed E-state index contributed by atoms with van der Waals surface area (Å²) in [5, 5.41) is 3.34. The minimum absolute atomic E-state index is 0.0869. The van der Waals surface area contributed by atoms with Gasteiger partial charge in [-0.3, -0.25) is 0 Å². The first kappa shape index (κ1) is 16.1. The fourth-order valence-electron chi connectivity index (χ4n) is 2.64. The Bertz CT molecular complexity index is 571. The summed E-state index contributed by atoms with van der Waals surface area (Å²) >= 11 is 0. The second-order valence-corrected chi connectivity index (χ2v) is 7.58. The van der Waals surface area contributed by atoms with Crippen LogP contribution in [0.3, 0.4) is 0 Å². The van der Waals surface area contributed by atoms with E-state index in [4.69, 9.17) is 9.47 Å². The second-order valence-electron chi connectivity index (χ2n) is 5.35. The fraction of sp³-hybridized carbons (Fsp3) is 0.600. The molecule has 1 aliphatic rings. The molecule has 21 heavy (non-hydrogen) atoms. The Morgan fingerprint density at radius 3 is 2.67 bits per heavy atom. The van der Waals surface area contributed by atoms with E-state index >= 15 is 0 Å². The van der Waals surface area contributed by atoms with E-state index in [1.165, 1.54) is 0 Å². The van der Waals surface area contributed by atoms with Crippen molar-refractivity contribution in [2.24, 2.45) is 0 Å². The average molecular weight is 313 g/mol. The van der Waals surface area contributed by atoms with Crippen LogP contribution < -0.4 is 14.8 Å². The van der Waals surface area contributed by atoms with Gasteiger partial charge in [0.2, 0.25) is 0 Å². The molecule has 0 aliphatic carbocycles. The third-order valence-corrected chi connectivity index (χ3v) is 5.58. The summed E-state index contributed by atoms with van der Waals surface area (Å²) < 4.78 is 33.6. The van der Waals surface area contributed by atoms with Crippen molar-refractivity contribution < 1.29 is 17.9 Å². The van der Waals surface area contributed by atoms with Crippen LogP contribution in [0.2, 0.25) is 0 Å². The monoisotopic (exact) mass is 313 g/mol. The van der Waals surface area contributed by atoms with Crippen molar-refractivity contribution in [3.63, 3.8) is 0 Å². The summed E-state index contributed by atoms with van der Waals surface area (Å²) in [5.74, 6) is 2.03. The lowest BCUT2D eigenvalue weighted by Gasteiger charge is -2.23. The Kier molecular flexibility index (Phi) is 5.47. The number of hydrogen-bond acceptors (Lipinski definition) is 5. The van der Waals surface area contributed by atoms with Gasteiger partial charge in [0.15, 0.2) is 21.3 Å². The number of ether oxygens (including phenoxy) is 2. The maximum atomic E-state index is 11.6. The number of sulfone groups is 1. The van der Waals surface area contributed by atoms with Crippen molar-refractivity contribution in [2.75, 3.05) is 32.3 Å². The van der Waals surface area contributed by atoms with E-state index < -0.39 is 9.84 Å². The number of nitrogens with one attached hydrogen (secondary N) is 1. The van der Waals surface area contributed by atoms with Gasteiger partial charge in [-0.15, -0.1) is 0 Å². The lowest BCUT2D eigenvalue weighted by Crippen LogP contribution is -2.40. The maximum Gasteiger partial charge on any atom is 0.160 e. The molecule has 1 heterocycles. The van der Waals surface area contributed by atoms with Gasteiger partial charge in [-0.2, -0.15) is 0 Å². The summed E-state index contributed by atoms with van der Waals surface area (Å²) in [6.07, 6.45) is 2.53. The molecule has 1 atom stereocenters. The number of hydrogen-bond donors (Lipinski definition) is 1. The zero-order chi connectivity index (χ0) is 15.3. The van der Waals surface area contributed by atoms with Crippen molar-refractivity contribution in [1.82, 2.24) is 5.32 Å². The van der Waals surface area contributed by atoms with Gasteiger partial charge in [-0.05, 0) is 43.5 Å². The summed E-state index contributed by atoms with van der Waals surface area (Å²) in [6, 6.07) is 5.93. The van der Waals surface area contributed by atoms with Gasteiger partial charge < -0.3 is 14.8 Å². The quantitative estimate of drug-likeness (QED) is 0.860. The molecule has 1 unspecified atom stereocenters. The van der Waals surface area contributed by atoms with Gasteiger partial charge in [-0.1, -0.05) is 6.07 Å². The normalized spacial score (nSPS) is 21.0. The highest BCUT2D eigenvalue weighted by molar-refractivity contribution is 7.91. The van der Waals surface area contributed by atoms with E-state index in [1.54, 1.807) is 14.2 Å². The molecule has 0 aromatic heterocycles. The van der Waals surface area contributed by atoms with Crippen molar-refractivity contribution in [3.8, 4) is 11.5 Å². The zero-order valence-electron chi connectivity index (χ0n) is 12.6. The van der Waals surface area contributed by atoms with Gasteiger partial charge in [0.05, 0.1) is 25.7 Å². The Hall–Kier alpha value is -1.27. The van der Waals surface area contributed by atoms with E-state index in [0.29, 0.717) is 11.5 Å². The van der Waals surface area contributed by atoms with E-state index in [2.05, 4.69) is 5.32 Å². The van der Waals surface area contributed by atoms with Crippen molar-refractivity contribution in [2.45, 2.75) is 25.3 Å². The summed E-state index contributed by atoms with van der Waals surface area (Å²) in [6.45, 7) is 0.760. The van der Waals surface area contributed by atoms with Crippen LogP contribution >= 0.6 is 0 Å². The van der Waals surface area contributed by atoms with Crippen LogP contribution in [-0.4, -0.2) is 46.7 Å². The first-order valence-electron chi connectivity index (χ1n) is 7.19. The van der Waals surface area contributed by atoms with E-state index in [9.17, 15) is 8.42 Å². The van der Waals surface area contributed by atoms with Crippen molar-refractivity contribution in [1.29, 1.82) is 0 Å². The highest BCUT2D eigenvalue weighted by Crippen LogP contribution is 2.27. The molecule has 2 rings (SSSR count). The molecule has 1 aromatic rings. The Morgan fingerprint density at radius 1 is 1.24 bits per heavy atom. The topological polar surface area (TPSA) is 64.6 Å². The van der Waals surface area contributed by atoms with Gasteiger partial charge >= 0.3 is 0 Å². The molecule has 0 saturated carbocycles. The average Bonchev–Trinajstić information content (AvgIpc) is 2.46. The highest BCUT2D eigenvalue weighted by Gasteiger charge is 2.23. The first-order chi connectivity index (χ1) is 10.0. The molecule has 1 aromatic carbocycles. The SMILES string of the molecule is COc1ccc(CCNC2CCCS(=O)(=O)C2)cc1OC. The number of methoxy groups -OCH3 is 2. The minimum Gasteiger partial charge on any atom is -0.493 e. The van der Waals surface area contributed by atoms with Crippen LogP contribution in [0.5, 0.6) is 11.5 Å². The molecule has 0 amide bonds. The molecule has 0 radical (unpaired) electrons.